The summed E-state index contributed by atoms with van der Waals surface area (Å²) < 4.78 is 5.22. The molecule has 0 aliphatic carbocycles. The second-order valence-electron chi connectivity index (χ2n) is 7.25. The van der Waals surface area contributed by atoms with E-state index in [0.717, 1.165) is 12.2 Å². The van der Waals surface area contributed by atoms with Gasteiger partial charge in [0.1, 0.15) is 11.6 Å². The van der Waals surface area contributed by atoms with E-state index < -0.39 is 17.7 Å². The molecule has 2 atom stereocenters. The Morgan fingerprint density at radius 3 is 2.56 bits per heavy atom. The third-order valence-corrected chi connectivity index (χ3v) is 5.26. The van der Waals surface area contributed by atoms with Crippen molar-refractivity contribution in [3.8, 4) is 0 Å². The molecule has 0 radical (unpaired) electrons. The summed E-state index contributed by atoms with van der Waals surface area (Å²) in [5.74, 6) is 0.838. The molecule has 1 fully saturated rings. The Balaban J connectivity index is 1.88. The molecule has 138 valence electrons. The minimum Gasteiger partial charge on any atom is -0.444 e. The number of nitrogens with one attached hydrogen (secondary N) is 1. The van der Waals surface area contributed by atoms with Crippen LogP contribution >= 0.6 is 11.8 Å². The molecule has 1 aliphatic heterocycles. The maximum atomic E-state index is 12.6. The van der Waals surface area contributed by atoms with Crippen molar-refractivity contribution in [3.05, 3.63) is 35.9 Å². The van der Waals surface area contributed by atoms with Gasteiger partial charge in [-0.1, -0.05) is 30.3 Å². The third-order valence-electron chi connectivity index (χ3n) is 3.93. The van der Waals surface area contributed by atoms with Crippen LogP contribution in [0.15, 0.2) is 30.3 Å². The Morgan fingerprint density at radius 1 is 1.24 bits per heavy atom. The number of hydrogen-bond acceptors (Lipinski definition) is 4. The summed E-state index contributed by atoms with van der Waals surface area (Å²) >= 11 is 1.89. The molecule has 1 aromatic rings. The van der Waals surface area contributed by atoms with E-state index in [9.17, 15) is 9.59 Å². The van der Waals surface area contributed by atoms with Gasteiger partial charge in [-0.25, -0.2) is 4.79 Å². The van der Waals surface area contributed by atoms with Gasteiger partial charge in [0, 0.05) is 24.1 Å². The number of amides is 2. The van der Waals surface area contributed by atoms with Gasteiger partial charge < -0.3 is 15.0 Å². The summed E-state index contributed by atoms with van der Waals surface area (Å²) in [6, 6.07) is 9.81. The molecular weight excluding hydrogens is 336 g/mol. The third kappa shape index (κ3) is 6.27. The highest BCUT2D eigenvalue weighted by molar-refractivity contribution is 7.99. The minimum atomic E-state index is -0.590. The summed E-state index contributed by atoms with van der Waals surface area (Å²) in [6.07, 6.45) is 0.360. The van der Waals surface area contributed by atoms with E-state index in [1.807, 2.05) is 22.7 Å². The van der Waals surface area contributed by atoms with Crippen molar-refractivity contribution in [2.24, 2.45) is 0 Å². The van der Waals surface area contributed by atoms with Gasteiger partial charge in [0.25, 0.3) is 0 Å². The highest BCUT2D eigenvalue weighted by Crippen LogP contribution is 2.34. The lowest BCUT2D eigenvalue weighted by atomic mass is 10.1. The normalized spacial score (nSPS) is 19.7. The Bertz CT molecular complexity index is 586. The van der Waals surface area contributed by atoms with Crippen molar-refractivity contribution >= 4 is 23.8 Å². The van der Waals surface area contributed by atoms with Crippen LogP contribution in [0.4, 0.5) is 4.79 Å². The highest BCUT2D eigenvalue weighted by Gasteiger charge is 2.27. The predicted molar refractivity (Wildman–Crippen MR) is 102 cm³/mol. The Hall–Kier alpha value is -1.69. The van der Waals surface area contributed by atoms with Gasteiger partial charge in [-0.3, -0.25) is 4.79 Å². The molecule has 0 spiro atoms. The maximum Gasteiger partial charge on any atom is 0.408 e. The molecule has 2 rings (SSSR count). The van der Waals surface area contributed by atoms with E-state index in [0.29, 0.717) is 18.3 Å². The van der Waals surface area contributed by atoms with Gasteiger partial charge in [0.15, 0.2) is 0 Å². The fraction of sp³-hybridized carbons (Fsp3) is 0.579. The number of nitrogens with zero attached hydrogens (tertiary/aromatic N) is 1. The molecule has 1 aromatic carbocycles. The van der Waals surface area contributed by atoms with Crippen molar-refractivity contribution in [2.45, 2.75) is 51.0 Å². The molecule has 1 saturated heterocycles. The summed E-state index contributed by atoms with van der Waals surface area (Å²) in [5, 5.41) is 3.05. The van der Waals surface area contributed by atoms with Crippen molar-refractivity contribution in [2.75, 3.05) is 18.8 Å². The SMILES string of the molecule is CC(NC(=O)OC(C)(C)C)C(=O)N1CCSC(c2ccccc2)CC1. The number of carbonyl (C=O) groups excluding carboxylic acids is 2. The maximum absolute atomic E-state index is 12.6. The minimum absolute atomic E-state index is 0.0554. The van der Waals surface area contributed by atoms with Crippen LogP contribution in [0.5, 0.6) is 0 Å². The lowest BCUT2D eigenvalue weighted by Gasteiger charge is -2.26. The second-order valence-corrected chi connectivity index (χ2v) is 8.56. The lowest BCUT2D eigenvalue weighted by Crippen LogP contribution is -2.48. The molecule has 2 amide bonds. The summed E-state index contributed by atoms with van der Waals surface area (Å²) in [7, 11) is 0. The molecule has 5 nitrogen and oxygen atoms in total. The first kappa shape index (κ1) is 19.6. The molecule has 0 aromatic heterocycles. The van der Waals surface area contributed by atoms with E-state index in [1.54, 1.807) is 27.7 Å². The van der Waals surface area contributed by atoms with E-state index in [2.05, 4.69) is 29.6 Å². The van der Waals surface area contributed by atoms with E-state index in [-0.39, 0.29) is 5.91 Å². The standard InChI is InChI=1S/C19H28N2O3S/c1-14(20-18(23)24-19(2,3)4)17(22)21-11-10-16(25-13-12-21)15-8-6-5-7-9-15/h5-9,14,16H,10-13H2,1-4H3,(H,20,23). The van der Waals surface area contributed by atoms with Crippen molar-refractivity contribution in [1.29, 1.82) is 0 Å². The van der Waals surface area contributed by atoms with Crippen LogP contribution in [0.2, 0.25) is 0 Å². The molecule has 1 heterocycles. The van der Waals surface area contributed by atoms with Gasteiger partial charge >= 0.3 is 6.09 Å². The van der Waals surface area contributed by atoms with Crippen LogP contribution in [0.3, 0.4) is 0 Å². The number of thioether (sulfide) groups is 1. The van der Waals surface area contributed by atoms with Crippen LogP contribution in [0.25, 0.3) is 0 Å². The first-order chi connectivity index (χ1) is 11.8. The van der Waals surface area contributed by atoms with Crippen LogP contribution in [-0.4, -0.2) is 47.4 Å². The van der Waals surface area contributed by atoms with Gasteiger partial charge in [0.2, 0.25) is 5.91 Å². The van der Waals surface area contributed by atoms with Gasteiger partial charge in [-0.05, 0) is 39.7 Å². The zero-order valence-electron chi connectivity index (χ0n) is 15.5. The van der Waals surface area contributed by atoms with Crippen LogP contribution in [0.1, 0.15) is 44.9 Å². The van der Waals surface area contributed by atoms with Crippen LogP contribution < -0.4 is 5.32 Å². The van der Waals surface area contributed by atoms with Crippen molar-refractivity contribution in [1.82, 2.24) is 10.2 Å². The predicted octanol–water partition coefficient (Wildman–Crippen LogP) is 3.61. The molecule has 6 heteroatoms. The summed E-state index contributed by atoms with van der Waals surface area (Å²) in [6.45, 7) is 8.51. The average molecular weight is 365 g/mol. The molecule has 0 saturated carbocycles. The lowest BCUT2D eigenvalue weighted by molar-refractivity contribution is -0.132. The highest BCUT2D eigenvalue weighted by atomic mass is 32.2. The second kappa shape index (κ2) is 8.61. The van der Waals surface area contributed by atoms with Crippen molar-refractivity contribution in [3.63, 3.8) is 0 Å². The molecule has 25 heavy (non-hydrogen) atoms. The summed E-state index contributed by atoms with van der Waals surface area (Å²) in [5.41, 5.74) is 0.733. The Kier molecular flexibility index (Phi) is 6.76. The van der Waals surface area contributed by atoms with Gasteiger partial charge in [-0.15, -0.1) is 0 Å². The largest absolute Gasteiger partial charge is 0.444 e. The number of rotatable bonds is 3. The van der Waals surface area contributed by atoms with E-state index >= 15 is 0 Å². The topological polar surface area (TPSA) is 58.6 Å². The zero-order valence-corrected chi connectivity index (χ0v) is 16.3. The molecule has 2 unspecified atom stereocenters. The fourth-order valence-electron chi connectivity index (χ4n) is 2.74. The smallest absolute Gasteiger partial charge is 0.408 e. The Labute approximate surface area is 154 Å². The van der Waals surface area contributed by atoms with Gasteiger partial charge in [0.05, 0.1) is 0 Å². The number of benzene rings is 1. The number of carbonyl (C=O) groups is 2. The van der Waals surface area contributed by atoms with Gasteiger partial charge in [-0.2, -0.15) is 11.8 Å². The van der Waals surface area contributed by atoms with Crippen LogP contribution in [0, 0.1) is 0 Å². The van der Waals surface area contributed by atoms with Crippen molar-refractivity contribution < 1.29 is 14.3 Å². The molecule has 1 N–H and O–H groups in total. The quantitative estimate of drug-likeness (QED) is 0.890. The number of hydrogen-bond donors (Lipinski definition) is 1. The number of alkyl carbamates (subject to hydrolysis) is 1. The van der Waals surface area contributed by atoms with E-state index in [1.165, 1.54) is 5.56 Å². The number of ether oxygens (including phenoxy) is 1. The zero-order chi connectivity index (χ0) is 18.4. The monoisotopic (exact) mass is 364 g/mol. The Morgan fingerprint density at radius 2 is 1.92 bits per heavy atom. The molecule has 0 bridgehead atoms. The summed E-state index contributed by atoms with van der Waals surface area (Å²) in [4.78, 5) is 26.3. The fourth-order valence-corrected chi connectivity index (χ4v) is 3.98. The van der Waals surface area contributed by atoms with Crippen LogP contribution in [-0.2, 0) is 9.53 Å². The first-order valence-electron chi connectivity index (χ1n) is 8.71. The molecular formula is C19H28N2O3S. The molecule has 1 aliphatic rings. The average Bonchev–Trinajstić information content (AvgIpc) is 2.79. The first-order valence-corrected chi connectivity index (χ1v) is 9.76. The van der Waals surface area contributed by atoms with E-state index in [4.69, 9.17) is 4.74 Å².